The van der Waals surface area contributed by atoms with Gasteiger partial charge in [-0.3, -0.25) is 13.9 Å². The van der Waals surface area contributed by atoms with Crippen LogP contribution in [0.1, 0.15) is 25.0 Å². The zero-order chi connectivity index (χ0) is 24.9. The van der Waals surface area contributed by atoms with Crippen molar-refractivity contribution in [3.8, 4) is 0 Å². The van der Waals surface area contributed by atoms with Crippen molar-refractivity contribution < 1.29 is 18.0 Å². The maximum Gasteiger partial charge on any atom is 0.244 e. The van der Waals surface area contributed by atoms with Gasteiger partial charge in [0.05, 0.1) is 22.0 Å². The van der Waals surface area contributed by atoms with E-state index in [9.17, 15) is 18.0 Å². The summed E-state index contributed by atoms with van der Waals surface area (Å²) in [5, 5.41) is 3.38. The van der Waals surface area contributed by atoms with Gasteiger partial charge in [0.15, 0.2) is 0 Å². The normalized spacial score (nSPS) is 12.2. The van der Waals surface area contributed by atoms with Crippen molar-refractivity contribution >= 4 is 66.7 Å². The second-order valence-electron chi connectivity index (χ2n) is 7.54. The summed E-state index contributed by atoms with van der Waals surface area (Å²) < 4.78 is 27.0. The molecule has 0 aromatic heterocycles. The van der Waals surface area contributed by atoms with Crippen molar-refractivity contribution in [2.75, 3.05) is 23.7 Å². The van der Waals surface area contributed by atoms with E-state index in [1.807, 2.05) is 6.92 Å². The molecule has 0 bridgehead atoms. The van der Waals surface area contributed by atoms with E-state index in [0.717, 1.165) is 20.6 Å². The van der Waals surface area contributed by atoms with Crippen LogP contribution in [0, 0.1) is 6.92 Å². The Hall–Kier alpha value is -1.81. The molecule has 0 spiro atoms. The predicted octanol–water partition coefficient (Wildman–Crippen LogP) is 4.38. The third kappa shape index (κ3) is 7.34. The average Bonchev–Trinajstić information content (AvgIpc) is 2.73. The highest BCUT2D eigenvalue weighted by molar-refractivity contribution is 9.10. The van der Waals surface area contributed by atoms with Crippen LogP contribution in [0.3, 0.4) is 0 Å². The van der Waals surface area contributed by atoms with E-state index in [2.05, 4.69) is 21.2 Å². The molecule has 0 aliphatic heterocycles. The van der Waals surface area contributed by atoms with Crippen LogP contribution >= 0.6 is 39.1 Å². The summed E-state index contributed by atoms with van der Waals surface area (Å²) in [5.74, 6) is -0.887. The summed E-state index contributed by atoms with van der Waals surface area (Å²) in [5.41, 5.74) is 1.82. The maximum absolute atomic E-state index is 13.4. The van der Waals surface area contributed by atoms with Crippen molar-refractivity contribution in [1.82, 2.24) is 10.2 Å². The molecule has 0 aliphatic carbocycles. The molecule has 2 aromatic rings. The minimum Gasteiger partial charge on any atom is -0.355 e. The Morgan fingerprint density at radius 1 is 1.12 bits per heavy atom. The van der Waals surface area contributed by atoms with E-state index < -0.39 is 28.5 Å². The van der Waals surface area contributed by atoms with Crippen LogP contribution in [0.25, 0.3) is 0 Å². The number of likely N-dealkylation sites (N-methyl/N-ethyl adjacent to an activating group) is 1. The van der Waals surface area contributed by atoms with Crippen molar-refractivity contribution in [2.24, 2.45) is 0 Å². The third-order valence-corrected chi connectivity index (χ3v) is 7.73. The van der Waals surface area contributed by atoms with E-state index in [-0.39, 0.29) is 12.5 Å². The largest absolute Gasteiger partial charge is 0.355 e. The fraction of sp³-hybridized carbons (Fsp3) is 0.364. The lowest BCUT2D eigenvalue weighted by atomic mass is 10.1. The molecular formula is C22H26BrCl2N3O4S. The number of rotatable bonds is 9. The maximum atomic E-state index is 13.4. The van der Waals surface area contributed by atoms with Gasteiger partial charge >= 0.3 is 0 Å². The lowest BCUT2D eigenvalue weighted by Crippen LogP contribution is -2.51. The number of anilines is 1. The summed E-state index contributed by atoms with van der Waals surface area (Å²) in [7, 11) is -3.79. The molecule has 7 nitrogen and oxygen atoms in total. The number of sulfonamides is 1. The van der Waals surface area contributed by atoms with Crippen molar-refractivity contribution in [2.45, 2.75) is 33.4 Å². The Balaban J connectivity index is 2.42. The number of carbonyl (C=O) groups excluding carboxylic acids is 2. The number of benzene rings is 2. The number of amides is 2. The summed E-state index contributed by atoms with van der Waals surface area (Å²) in [6.45, 7) is 5.16. The summed E-state index contributed by atoms with van der Waals surface area (Å²) in [6.07, 6.45) is 1.04. The molecule has 0 heterocycles. The SMILES string of the molecule is CCNC(=O)[C@H](C)N(Cc1ccc(Cl)c(Cl)c1)C(=O)CN(c1ccc(Br)c(C)c1)S(C)(=O)=O. The zero-order valence-corrected chi connectivity index (χ0v) is 22.6. The fourth-order valence-corrected chi connectivity index (χ4v) is 4.55. The van der Waals surface area contributed by atoms with Crippen molar-refractivity contribution in [3.05, 3.63) is 62.0 Å². The first-order valence-electron chi connectivity index (χ1n) is 10.1. The molecule has 1 N–H and O–H groups in total. The zero-order valence-electron chi connectivity index (χ0n) is 18.7. The number of hydrogen-bond donors (Lipinski definition) is 1. The van der Waals surface area contributed by atoms with Crippen LogP contribution in [-0.4, -0.2) is 50.5 Å². The standard InChI is InChI=1S/C22H26BrCl2N3O4S/c1-5-26-22(30)15(3)27(12-16-6-9-19(24)20(25)11-16)21(29)13-28(33(4,31)32)17-7-8-18(23)14(2)10-17/h6-11,15H,5,12-13H2,1-4H3,(H,26,30)/t15-/m0/s1. The molecule has 33 heavy (non-hydrogen) atoms. The predicted molar refractivity (Wildman–Crippen MR) is 136 cm³/mol. The lowest BCUT2D eigenvalue weighted by molar-refractivity contribution is -0.139. The van der Waals surface area contributed by atoms with Gasteiger partial charge in [-0.1, -0.05) is 45.2 Å². The van der Waals surface area contributed by atoms with Gasteiger partial charge in [0.25, 0.3) is 0 Å². The van der Waals surface area contributed by atoms with Crippen molar-refractivity contribution in [3.63, 3.8) is 0 Å². The van der Waals surface area contributed by atoms with Crippen LogP contribution in [0.2, 0.25) is 10.0 Å². The van der Waals surface area contributed by atoms with Crippen LogP contribution in [0.4, 0.5) is 5.69 Å². The Morgan fingerprint density at radius 3 is 2.33 bits per heavy atom. The first kappa shape index (κ1) is 27.4. The average molecular weight is 579 g/mol. The molecule has 1 atom stereocenters. The molecule has 2 aromatic carbocycles. The van der Waals surface area contributed by atoms with Crippen molar-refractivity contribution in [1.29, 1.82) is 0 Å². The van der Waals surface area contributed by atoms with Crippen LogP contribution in [0.15, 0.2) is 40.9 Å². The molecule has 180 valence electrons. The molecule has 2 rings (SSSR count). The molecule has 0 aliphatic rings. The third-order valence-electron chi connectivity index (χ3n) is 4.96. The number of nitrogens with one attached hydrogen (secondary N) is 1. The molecule has 0 unspecified atom stereocenters. The topological polar surface area (TPSA) is 86.8 Å². The highest BCUT2D eigenvalue weighted by atomic mass is 79.9. The first-order chi connectivity index (χ1) is 15.3. The minimum atomic E-state index is -3.79. The number of carbonyl (C=O) groups is 2. The minimum absolute atomic E-state index is 0.0466. The monoisotopic (exact) mass is 577 g/mol. The molecule has 11 heteroatoms. The summed E-state index contributed by atoms with van der Waals surface area (Å²) in [4.78, 5) is 27.3. The van der Waals surface area contributed by atoms with E-state index in [0.29, 0.717) is 27.8 Å². The van der Waals surface area contributed by atoms with Gasteiger partial charge in [-0.05, 0) is 62.2 Å². The summed E-state index contributed by atoms with van der Waals surface area (Å²) in [6, 6.07) is 9.08. The van der Waals surface area contributed by atoms with Gasteiger partial charge in [0.2, 0.25) is 21.8 Å². The second kappa shape index (κ2) is 11.6. The van der Waals surface area contributed by atoms with Gasteiger partial charge < -0.3 is 10.2 Å². The molecule has 0 saturated carbocycles. The number of nitrogens with zero attached hydrogens (tertiary/aromatic N) is 2. The molecule has 2 amide bonds. The molecule has 0 saturated heterocycles. The fourth-order valence-electron chi connectivity index (χ4n) is 3.14. The quantitative estimate of drug-likeness (QED) is 0.478. The summed E-state index contributed by atoms with van der Waals surface area (Å²) >= 11 is 15.5. The smallest absolute Gasteiger partial charge is 0.244 e. The molecule has 0 fully saturated rings. The highest BCUT2D eigenvalue weighted by Gasteiger charge is 2.30. The lowest BCUT2D eigenvalue weighted by Gasteiger charge is -2.31. The first-order valence-corrected chi connectivity index (χ1v) is 13.5. The van der Waals surface area contributed by atoms with Crippen LogP contribution in [-0.2, 0) is 26.2 Å². The Kier molecular flexibility index (Phi) is 9.60. The Labute approximate surface area is 213 Å². The molecular weight excluding hydrogens is 553 g/mol. The van der Waals surface area contributed by atoms with Gasteiger partial charge in [-0.15, -0.1) is 0 Å². The number of hydrogen-bond acceptors (Lipinski definition) is 4. The second-order valence-corrected chi connectivity index (χ2v) is 11.1. The molecule has 0 radical (unpaired) electrons. The van der Waals surface area contributed by atoms with Crippen LogP contribution < -0.4 is 9.62 Å². The van der Waals surface area contributed by atoms with Gasteiger partial charge in [0.1, 0.15) is 12.6 Å². The Morgan fingerprint density at radius 2 is 1.79 bits per heavy atom. The van der Waals surface area contributed by atoms with E-state index in [1.165, 1.54) is 4.90 Å². The Bertz CT molecular complexity index is 1140. The van der Waals surface area contributed by atoms with E-state index in [1.54, 1.807) is 50.2 Å². The highest BCUT2D eigenvalue weighted by Crippen LogP contribution is 2.26. The van der Waals surface area contributed by atoms with Crippen LogP contribution in [0.5, 0.6) is 0 Å². The van der Waals surface area contributed by atoms with Gasteiger partial charge in [0, 0.05) is 17.6 Å². The number of halogens is 3. The van der Waals surface area contributed by atoms with E-state index in [4.69, 9.17) is 23.2 Å². The van der Waals surface area contributed by atoms with E-state index >= 15 is 0 Å². The van der Waals surface area contributed by atoms with Gasteiger partial charge in [-0.2, -0.15) is 0 Å². The van der Waals surface area contributed by atoms with Gasteiger partial charge in [-0.25, -0.2) is 8.42 Å². The number of aryl methyl sites for hydroxylation is 1.